The second kappa shape index (κ2) is 10.8. The summed E-state index contributed by atoms with van der Waals surface area (Å²) in [7, 11) is 0. The topological polar surface area (TPSA) is 75.7 Å². The van der Waals surface area contributed by atoms with Crippen molar-refractivity contribution in [2.24, 2.45) is 0 Å². The van der Waals surface area contributed by atoms with Crippen LogP contribution in [0, 0.1) is 0 Å². The molecular weight excluding hydrogens is 392 g/mol. The van der Waals surface area contributed by atoms with E-state index in [9.17, 15) is 14.4 Å². The number of esters is 1. The Hall–Kier alpha value is -3.15. The molecule has 1 fully saturated rings. The maximum Gasteiger partial charge on any atom is 0.308 e. The second-order valence-corrected chi connectivity index (χ2v) is 8.10. The third-order valence-corrected chi connectivity index (χ3v) is 5.75. The van der Waals surface area contributed by atoms with Gasteiger partial charge in [0.1, 0.15) is 0 Å². The first-order valence-electron chi connectivity index (χ1n) is 10.8. The highest BCUT2D eigenvalue weighted by Crippen LogP contribution is 2.23. The smallest absolute Gasteiger partial charge is 0.308 e. The number of likely N-dealkylation sites (tertiary alicyclic amines) is 1. The maximum absolute atomic E-state index is 12.6. The summed E-state index contributed by atoms with van der Waals surface area (Å²) in [4.78, 5) is 39.6. The molecule has 2 aromatic rings. The van der Waals surface area contributed by atoms with Crippen molar-refractivity contribution in [3.05, 3.63) is 71.8 Å². The van der Waals surface area contributed by atoms with Crippen molar-refractivity contribution >= 4 is 17.8 Å². The van der Waals surface area contributed by atoms with Gasteiger partial charge in [-0.05, 0) is 50.8 Å². The zero-order valence-corrected chi connectivity index (χ0v) is 18.1. The van der Waals surface area contributed by atoms with Crippen LogP contribution in [0.5, 0.6) is 0 Å². The molecule has 0 saturated carbocycles. The first kappa shape index (κ1) is 22.5. The first-order chi connectivity index (χ1) is 15.0. The Morgan fingerprint density at radius 3 is 2.16 bits per heavy atom. The molecule has 1 saturated heterocycles. The first-order valence-corrected chi connectivity index (χ1v) is 10.8. The Morgan fingerprint density at radius 2 is 1.55 bits per heavy atom. The minimum atomic E-state index is -0.552. The van der Waals surface area contributed by atoms with Crippen molar-refractivity contribution in [1.82, 2.24) is 10.2 Å². The number of ether oxygens (including phenoxy) is 1. The van der Waals surface area contributed by atoms with Gasteiger partial charge in [0.15, 0.2) is 6.61 Å². The molecule has 0 aliphatic carbocycles. The molecule has 3 atom stereocenters. The van der Waals surface area contributed by atoms with E-state index < -0.39 is 12.0 Å². The average Bonchev–Trinajstić information content (AvgIpc) is 2.78. The second-order valence-electron chi connectivity index (χ2n) is 8.10. The highest BCUT2D eigenvalue weighted by atomic mass is 16.5. The molecule has 31 heavy (non-hydrogen) atoms. The Kier molecular flexibility index (Phi) is 7.82. The summed E-state index contributed by atoms with van der Waals surface area (Å²) >= 11 is 0. The molecule has 0 spiro atoms. The number of rotatable bonds is 7. The molecule has 3 rings (SSSR count). The van der Waals surface area contributed by atoms with Gasteiger partial charge in [-0.3, -0.25) is 14.4 Å². The van der Waals surface area contributed by atoms with Crippen molar-refractivity contribution in [2.75, 3.05) is 6.61 Å². The van der Waals surface area contributed by atoms with Crippen LogP contribution in [0.15, 0.2) is 60.7 Å². The summed E-state index contributed by atoms with van der Waals surface area (Å²) in [6.07, 6.45) is 2.98. The molecule has 1 heterocycles. The number of piperidine rings is 1. The van der Waals surface area contributed by atoms with E-state index in [1.165, 1.54) is 0 Å². The molecule has 0 unspecified atom stereocenters. The van der Waals surface area contributed by atoms with Crippen LogP contribution in [-0.2, 0) is 14.3 Å². The van der Waals surface area contributed by atoms with E-state index in [2.05, 4.69) is 5.32 Å². The number of amides is 2. The molecule has 1 aliphatic rings. The number of carbonyl (C=O) groups is 3. The van der Waals surface area contributed by atoms with E-state index in [-0.39, 0.29) is 36.9 Å². The zero-order chi connectivity index (χ0) is 22.2. The lowest BCUT2D eigenvalue weighted by Crippen LogP contribution is -2.49. The zero-order valence-electron chi connectivity index (χ0n) is 18.1. The van der Waals surface area contributed by atoms with E-state index in [0.717, 1.165) is 24.8 Å². The average molecular weight is 423 g/mol. The third-order valence-electron chi connectivity index (χ3n) is 5.75. The summed E-state index contributed by atoms with van der Waals surface area (Å²) in [5.74, 6) is -0.959. The van der Waals surface area contributed by atoms with Crippen LogP contribution in [0.3, 0.4) is 0 Å². The van der Waals surface area contributed by atoms with Crippen LogP contribution < -0.4 is 5.32 Å². The lowest BCUT2D eigenvalue weighted by atomic mass is 9.97. The Labute approximate surface area is 183 Å². The van der Waals surface area contributed by atoms with Crippen LogP contribution in [-0.4, -0.2) is 41.4 Å². The van der Waals surface area contributed by atoms with Gasteiger partial charge in [0.2, 0.25) is 0 Å². The predicted molar refractivity (Wildman–Crippen MR) is 118 cm³/mol. The third kappa shape index (κ3) is 6.17. The van der Waals surface area contributed by atoms with Crippen molar-refractivity contribution in [3.63, 3.8) is 0 Å². The fourth-order valence-electron chi connectivity index (χ4n) is 4.12. The van der Waals surface area contributed by atoms with E-state index in [0.29, 0.717) is 5.56 Å². The summed E-state index contributed by atoms with van der Waals surface area (Å²) in [6.45, 7) is 3.78. The molecule has 0 radical (unpaired) electrons. The molecule has 164 valence electrons. The van der Waals surface area contributed by atoms with Gasteiger partial charge < -0.3 is 15.0 Å². The monoisotopic (exact) mass is 422 g/mol. The van der Waals surface area contributed by atoms with Crippen LogP contribution in [0.25, 0.3) is 0 Å². The lowest BCUT2D eigenvalue weighted by molar-refractivity contribution is -0.155. The van der Waals surface area contributed by atoms with Gasteiger partial charge in [-0.25, -0.2) is 0 Å². The van der Waals surface area contributed by atoms with Gasteiger partial charge in [-0.2, -0.15) is 0 Å². The van der Waals surface area contributed by atoms with Crippen molar-refractivity contribution < 1.29 is 19.1 Å². The summed E-state index contributed by atoms with van der Waals surface area (Å²) in [5.41, 5.74) is 1.31. The molecule has 0 aromatic heterocycles. The number of nitrogens with zero attached hydrogens (tertiary/aromatic N) is 1. The quantitative estimate of drug-likeness (QED) is 0.687. The lowest BCUT2D eigenvalue weighted by Gasteiger charge is -2.38. The number of hydrogen-bond acceptors (Lipinski definition) is 4. The molecule has 2 amide bonds. The van der Waals surface area contributed by atoms with Gasteiger partial charge in [0.05, 0.1) is 12.5 Å². The standard InChI is InChI=1S/C25H30N2O4/c1-18-10-9-11-19(2)27(18)23(28)17-31-24(29)16-22(20-12-5-3-6-13-20)26-25(30)21-14-7-4-8-15-21/h3-8,12-15,18-19,22H,9-11,16-17H2,1-2H3,(H,26,30)/t18-,19-,22-/m1/s1. The molecule has 1 aliphatic heterocycles. The van der Waals surface area contributed by atoms with Gasteiger partial charge in [-0.1, -0.05) is 48.5 Å². The van der Waals surface area contributed by atoms with E-state index >= 15 is 0 Å². The number of hydrogen-bond donors (Lipinski definition) is 1. The number of nitrogens with one attached hydrogen (secondary N) is 1. The summed E-state index contributed by atoms with van der Waals surface area (Å²) in [6, 6.07) is 17.9. The van der Waals surface area contributed by atoms with Crippen molar-refractivity contribution in [3.8, 4) is 0 Å². The fourth-order valence-corrected chi connectivity index (χ4v) is 4.12. The molecule has 0 bridgehead atoms. The molecule has 2 aromatic carbocycles. The Balaban J connectivity index is 1.62. The van der Waals surface area contributed by atoms with Gasteiger partial charge in [0.25, 0.3) is 11.8 Å². The largest absolute Gasteiger partial charge is 0.455 e. The van der Waals surface area contributed by atoms with Gasteiger partial charge in [-0.15, -0.1) is 0 Å². The van der Waals surface area contributed by atoms with Crippen LogP contribution in [0.2, 0.25) is 0 Å². The summed E-state index contributed by atoms with van der Waals surface area (Å²) in [5, 5.41) is 2.91. The minimum Gasteiger partial charge on any atom is -0.455 e. The maximum atomic E-state index is 12.6. The normalized spacial score (nSPS) is 19.4. The van der Waals surface area contributed by atoms with Gasteiger partial charge in [0, 0.05) is 17.6 Å². The van der Waals surface area contributed by atoms with Crippen LogP contribution in [0.4, 0.5) is 0 Å². The predicted octanol–water partition coefficient (Wildman–Crippen LogP) is 3.88. The van der Waals surface area contributed by atoms with E-state index in [1.54, 1.807) is 24.3 Å². The van der Waals surface area contributed by atoms with Gasteiger partial charge >= 0.3 is 5.97 Å². The Morgan fingerprint density at radius 1 is 0.968 bits per heavy atom. The van der Waals surface area contributed by atoms with Crippen molar-refractivity contribution in [1.29, 1.82) is 0 Å². The summed E-state index contributed by atoms with van der Waals surface area (Å²) < 4.78 is 5.31. The van der Waals surface area contributed by atoms with E-state index in [4.69, 9.17) is 4.74 Å². The van der Waals surface area contributed by atoms with E-state index in [1.807, 2.05) is 55.1 Å². The highest BCUT2D eigenvalue weighted by Gasteiger charge is 2.29. The van der Waals surface area contributed by atoms with Crippen LogP contribution >= 0.6 is 0 Å². The van der Waals surface area contributed by atoms with Crippen LogP contribution in [0.1, 0.15) is 61.5 Å². The van der Waals surface area contributed by atoms with Crippen molar-refractivity contribution in [2.45, 2.75) is 57.7 Å². The molecule has 6 nitrogen and oxygen atoms in total. The number of carbonyl (C=O) groups excluding carboxylic acids is 3. The Bertz CT molecular complexity index is 875. The molecular formula is C25H30N2O4. The molecule has 6 heteroatoms. The highest BCUT2D eigenvalue weighted by molar-refractivity contribution is 5.94. The SMILES string of the molecule is C[C@@H]1CCC[C@@H](C)N1C(=O)COC(=O)C[C@@H](NC(=O)c1ccccc1)c1ccccc1. The number of benzene rings is 2. The fraction of sp³-hybridized carbons (Fsp3) is 0.400. The molecule has 1 N–H and O–H groups in total. The minimum absolute atomic E-state index is 0.0546.